The molecule has 102 valence electrons. The van der Waals surface area contributed by atoms with Gasteiger partial charge in [0.1, 0.15) is 11.0 Å². The molecule has 1 aliphatic rings. The number of aromatic amines is 1. The lowest BCUT2D eigenvalue weighted by molar-refractivity contribution is -0.148. The molecule has 3 N–H and O–H groups in total. The van der Waals surface area contributed by atoms with Crippen LogP contribution >= 0.6 is 0 Å². The molecule has 0 saturated carbocycles. The number of hydrogen-bond donors (Lipinski definition) is 3. The second-order valence-corrected chi connectivity index (χ2v) is 4.68. The summed E-state index contributed by atoms with van der Waals surface area (Å²) in [5.74, 6) is -1.65. The molecule has 7 nitrogen and oxygen atoms in total. The van der Waals surface area contributed by atoms with Gasteiger partial charge in [-0.1, -0.05) is 0 Å². The Hall–Kier alpha value is -2.15. The summed E-state index contributed by atoms with van der Waals surface area (Å²) in [6.07, 6.45) is 1.42. The Morgan fingerprint density at radius 1 is 1.58 bits per heavy atom. The van der Waals surface area contributed by atoms with Crippen LogP contribution < -0.4 is 10.9 Å². The van der Waals surface area contributed by atoms with E-state index in [4.69, 9.17) is 4.74 Å². The quantitative estimate of drug-likeness (QED) is 0.689. The first kappa shape index (κ1) is 13.3. The van der Waals surface area contributed by atoms with Gasteiger partial charge in [0.25, 0.3) is 11.5 Å². The summed E-state index contributed by atoms with van der Waals surface area (Å²) in [5, 5.41) is 11.7. The maximum absolute atomic E-state index is 12.0. The fraction of sp³-hybridized carbons (Fsp3) is 0.417. The second kappa shape index (κ2) is 4.85. The lowest BCUT2D eigenvalue weighted by atomic mass is 9.85. The Bertz CT molecular complexity index is 567. The smallest absolute Gasteiger partial charge is 0.313 e. The van der Waals surface area contributed by atoms with Gasteiger partial charge in [-0.25, -0.2) is 0 Å². The van der Waals surface area contributed by atoms with Crippen molar-refractivity contribution >= 4 is 11.9 Å². The van der Waals surface area contributed by atoms with Gasteiger partial charge < -0.3 is 20.1 Å². The van der Waals surface area contributed by atoms with Crippen LogP contribution in [-0.2, 0) is 9.53 Å². The molecule has 0 aliphatic carbocycles. The predicted octanol–water partition coefficient (Wildman–Crippen LogP) is -0.406. The van der Waals surface area contributed by atoms with E-state index in [2.05, 4.69) is 10.3 Å². The average Bonchev–Trinajstić information content (AvgIpc) is 2.73. The summed E-state index contributed by atoms with van der Waals surface area (Å²) >= 11 is 0. The average molecular weight is 266 g/mol. The van der Waals surface area contributed by atoms with E-state index in [1.807, 2.05) is 0 Å². The molecule has 19 heavy (non-hydrogen) atoms. The molecule has 1 aliphatic heterocycles. The van der Waals surface area contributed by atoms with Crippen LogP contribution in [-0.4, -0.2) is 41.2 Å². The van der Waals surface area contributed by atoms with Crippen molar-refractivity contribution in [3.05, 3.63) is 34.2 Å². The number of hydrogen-bond acceptors (Lipinski definition) is 4. The van der Waals surface area contributed by atoms with Crippen LogP contribution in [0.1, 0.15) is 17.3 Å². The number of carboxylic acid groups (broad SMARTS) is 1. The van der Waals surface area contributed by atoms with E-state index < -0.39 is 28.9 Å². The normalized spacial score (nSPS) is 26.1. The first-order chi connectivity index (χ1) is 8.95. The Morgan fingerprint density at radius 3 is 2.95 bits per heavy atom. The van der Waals surface area contributed by atoms with Gasteiger partial charge in [-0.15, -0.1) is 0 Å². The van der Waals surface area contributed by atoms with Gasteiger partial charge in [-0.2, -0.15) is 0 Å². The summed E-state index contributed by atoms with van der Waals surface area (Å²) in [5.41, 5.74) is -1.75. The van der Waals surface area contributed by atoms with E-state index in [0.29, 0.717) is 0 Å². The number of carbonyl (C=O) groups is 2. The third kappa shape index (κ3) is 2.37. The van der Waals surface area contributed by atoms with E-state index in [9.17, 15) is 19.5 Å². The predicted molar refractivity (Wildman–Crippen MR) is 64.9 cm³/mol. The molecule has 2 rings (SSSR count). The van der Waals surface area contributed by atoms with Gasteiger partial charge in [0.15, 0.2) is 0 Å². The van der Waals surface area contributed by atoms with E-state index in [0.717, 1.165) is 0 Å². The summed E-state index contributed by atoms with van der Waals surface area (Å²) in [7, 11) is 0. The number of carbonyl (C=O) groups excluding carboxylic acids is 1. The number of carboxylic acids is 1. The molecule has 1 aromatic rings. The van der Waals surface area contributed by atoms with Gasteiger partial charge in [-0.3, -0.25) is 14.4 Å². The summed E-state index contributed by atoms with van der Waals surface area (Å²) < 4.78 is 5.12. The van der Waals surface area contributed by atoms with Crippen molar-refractivity contribution in [2.45, 2.75) is 13.0 Å². The maximum atomic E-state index is 12.0. The zero-order valence-electron chi connectivity index (χ0n) is 10.3. The number of pyridine rings is 1. The van der Waals surface area contributed by atoms with Crippen LogP contribution in [0, 0.1) is 5.41 Å². The number of H-pyrrole nitrogens is 1. The van der Waals surface area contributed by atoms with Crippen molar-refractivity contribution < 1.29 is 19.4 Å². The number of amides is 1. The van der Waals surface area contributed by atoms with Gasteiger partial charge in [-0.05, 0) is 19.1 Å². The number of aliphatic carboxylic acids is 1. The van der Waals surface area contributed by atoms with E-state index >= 15 is 0 Å². The van der Waals surface area contributed by atoms with Crippen molar-refractivity contribution in [3.63, 3.8) is 0 Å². The minimum absolute atomic E-state index is 0.0262. The molecule has 1 saturated heterocycles. The maximum Gasteiger partial charge on any atom is 0.313 e. The van der Waals surface area contributed by atoms with E-state index in [1.165, 1.54) is 25.3 Å². The van der Waals surface area contributed by atoms with Gasteiger partial charge in [0.2, 0.25) is 0 Å². The third-order valence-corrected chi connectivity index (χ3v) is 3.31. The minimum atomic E-state index is -1.18. The summed E-state index contributed by atoms with van der Waals surface area (Å²) in [6.45, 7) is 1.64. The van der Waals surface area contributed by atoms with Gasteiger partial charge >= 0.3 is 5.97 Å². The van der Waals surface area contributed by atoms with Crippen molar-refractivity contribution in [2.24, 2.45) is 5.41 Å². The molecule has 2 atom stereocenters. The van der Waals surface area contributed by atoms with Crippen LogP contribution in [0.15, 0.2) is 23.1 Å². The van der Waals surface area contributed by atoms with E-state index in [1.54, 1.807) is 0 Å². The summed E-state index contributed by atoms with van der Waals surface area (Å²) in [4.78, 5) is 37.0. The SMILES string of the molecule is CC1(C(=O)O)COCC1NC(=O)c1ccc[nH]c1=O. The largest absolute Gasteiger partial charge is 0.481 e. The molecule has 0 radical (unpaired) electrons. The highest BCUT2D eigenvalue weighted by molar-refractivity contribution is 5.94. The third-order valence-electron chi connectivity index (χ3n) is 3.31. The molecule has 2 unspecified atom stereocenters. The lowest BCUT2D eigenvalue weighted by Gasteiger charge is -2.25. The van der Waals surface area contributed by atoms with Crippen LogP contribution in [0.2, 0.25) is 0 Å². The van der Waals surface area contributed by atoms with Crippen molar-refractivity contribution in [2.75, 3.05) is 13.2 Å². The fourth-order valence-electron chi connectivity index (χ4n) is 1.92. The zero-order chi connectivity index (χ0) is 14.0. The fourth-order valence-corrected chi connectivity index (χ4v) is 1.92. The van der Waals surface area contributed by atoms with Crippen LogP contribution in [0.25, 0.3) is 0 Å². The minimum Gasteiger partial charge on any atom is -0.481 e. The Morgan fingerprint density at radius 2 is 2.32 bits per heavy atom. The highest BCUT2D eigenvalue weighted by Crippen LogP contribution is 2.28. The zero-order valence-corrected chi connectivity index (χ0v) is 10.3. The second-order valence-electron chi connectivity index (χ2n) is 4.68. The highest BCUT2D eigenvalue weighted by atomic mass is 16.5. The van der Waals surface area contributed by atoms with Crippen molar-refractivity contribution in [1.29, 1.82) is 0 Å². The van der Waals surface area contributed by atoms with E-state index in [-0.39, 0.29) is 18.8 Å². The molecular weight excluding hydrogens is 252 g/mol. The summed E-state index contributed by atoms with van der Waals surface area (Å²) in [6, 6.07) is 2.23. The molecule has 1 aromatic heterocycles. The number of aromatic nitrogens is 1. The first-order valence-corrected chi connectivity index (χ1v) is 5.75. The molecule has 0 spiro atoms. The molecule has 0 bridgehead atoms. The highest BCUT2D eigenvalue weighted by Gasteiger charge is 2.47. The van der Waals surface area contributed by atoms with Crippen molar-refractivity contribution in [3.8, 4) is 0 Å². The van der Waals surface area contributed by atoms with Crippen LogP contribution in [0.3, 0.4) is 0 Å². The molecule has 1 fully saturated rings. The number of nitrogens with one attached hydrogen (secondary N) is 2. The standard InChI is InChI=1S/C12H14N2O5/c1-12(11(17)18)6-19-5-8(12)14-10(16)7-3-2-4-13-9(7)15/h2-4,8H,5-6H2,1H3,(H,13,15)(H,14,16)(H,17,18). The molecule has 1 amide bonds. The molecule has 0 aromatic carbocycles. The Labute approximate surface area is 108 Å². The topological polar surface area (TPSA) is 108 Å². The molecular formula is C12H14N2O5. The van der Waals surface area contributed by atoms with Crippen molar-refractivity contribution in [1.82, 2.24) is 10.3 Å². The van der Waals surface area contributed by atoms with Gasteiger partial charge in [0.05, 0.1) is 19.3 Å². The Kier molecular flexibility index (Phi) is 3.39. The van der Waals surface area contributed by atoms with Crippen LogP contribution in [0.5, 0.6) is 0 Å². The van der Waals surface area contributed by atoms with Gasteiger partial charge in [0, 0.05) is 6.20 Å². The lowest BCUT2D eigenvalue weighted by Crippen LogP contribution is -2.50. The number of rotatable bonds is 3. The first-order valence-electron chi connectivity index (χ1n) is 5.75. The molecule has 7 heteroatoms. The van der Waals surface area contributed by atoms with Crippen LogP contribution in [0.4, 0.5) is 0 Å². The monoisotopic (exact) mass is 266 g/mol. The molecule has 2 heterocycles. The number of ether oxygens (including phenoxy) is 1. The Balaban J connectivity index is 2.18.